The predicted molar refractivity (Wildman–Crippen MR) is 492 cm³/mol. The lowest BCUT2D eigenvalue weighted by Gasteiger charge is -2.39. The van der Waals surface area contributed by atoms with Gasteiger partial charge in [0.25, 0.3) is 0 Å². The van der Waals surface area contributed by atoms with Gasteiger partial charge >= 0.3 is 59.1 Å². The minimum atomic E-state index is -2.70. The van der Waals surface area contributed by atoms with Crippen molar-refractivity contribution in [3.8, 4) is 0 Å². The van der Waals surface area contributed by atoms with Crippen molar-refractivity contribution in [2.45, 2.75) is 322 Å². The van der Waals surface area contributed by atoms with E-state index < -0.39 is 35.2 Å². The van der Waals surface area contributed by atoms with Crippen molar-refractivity contribution in [2.24, 2.45) is 0 Å². The van der Waals surface area contributed by atoms with Crippen molar-refractivity contribution in [3.05, 3.63) is 30.3 Å². The van der Waals surface area contributed by atoms with Gasteiger partial charge in [0.2, 0.25) is 0 Å². The van der Waals surface area contributed by atoms with Crippen LogP contribution < -0.4 is 54.1 Å². The van der Waals surface area contributed by atoms with Gasteiger partial charge in [-0.3, -0.25) is 23.7 Å². The van der Waals surface area contributed by atoms with Crippen LogP contribution in [0.5, 0.6) is 0 Å². The first-order chi connectivity index (χ1) is 56.5. The molecule has 24 nitrogen and oxygen atoms in total. The monoisotopic (exact) mass is 1900 g/mol. The third-order valence-corrected chi connectivity index (χ3v) is 33.0. The first-order valence-electron chi connectivity index (χ1n) is 47.2. The molecule has 0 heterocycles. The lowest BCUT2D eigenvalue weighted by molar-refractivity contribution is -0.928. The van der Waals surface area contributed by atoms with E-state index in [9.17, 15) is 19.2 Å². The number of benzene rings is 1. The van der Waals surface area contributed by atoms with Crippen molar-refractivity contribution in [3.63, 3.8) is 0 Å². The Morgan fingerprint density at radius 1 is 0.254 bits per heavy atom. The third kappa shape index (κ3) is 71.3. The normalized spacial score (nSPS) is 12.7. The zero-order valence-corrected chi connectivity index (χ0v) is 89.2. The fraction of sp³-hybridized carbons (Fsp3) is 0.889. The van der Waals surface area contributed by atoms with E-state index in [-0.39, 0.29) is 73.5 Å². The van der Waals surface area contributed by atoms with Crippen LogP contribution in [0.1, 0.15) is 297 Å². The van der Waals surface area contributed by atoms with E-state index >= 15 is 0 Å². The van der Waals surface area contributed by atoms with Gasteiger partial charge < -0.3 is 135 Å². The molecule has 732 valence electrons. The fourth-order valence-electron chi connectivity index (χ4n) is 14.5. The Hall–Kier alpha value is -1.51. The van der Waals surface area contributed by atoms with E-state index in [0.717, 1.165) is 77.9 Å². The summed E-state index contributed by atoms with van der Waals surface area (Å²) in [7, 11) is 2.29. The van der Waals surface area contributed by atoms with Gasteiger partial charge in [-0.2, -0.15) is 0 Å². The highest BCUT2D eigenvalue weighted by molar-refractivity contribution is 6.61. The van der Waals surface area contributed by atoms with E-state index in [1.807, 2.05) is 101 Å². The van der Waals surface area contributed by atoms with Gasteiger partial charge in [-0.15, -0.1) is 0 Å². The van der Waals surface area contributed by atoms with Crippen LogP contribution in [0, 0.1) is 0 Å². The largest absolute Gasteiger partial charge is 1.00 e. The number of hydrogen-bond donors (Lipinski definition) is 0. The van der Waals surface area contributed by atoms with Crippen LogP contribution in [0.4, 0.5) is 5.69 Å². The van der Waals surface area contributed by atoms with E-state index in [1.165, 1.54) is 141 Å². The summed E-state index contributed by atoms with van der Waals surface area (Å²) in [6.07, 6.45) is 29.5. The second kappa shape index (κ2) is 86.2. The average Bonchev–Trinajstić information content (AvgIpc) is 1.23. The molecule has 0 aliphatic rings. The lowest BCUT2D eigenvalue weighted by Crippen LogP contribution is -3.00. The van der Waals surface area contributed by atoms with Crippen molar-refractivity contribution in [2.75, 3.05) is 207 Å². The van der Waals surface area contributed by atoms with Gasteiger partial charge in [-0.1, -0.05) is 117 Å². The Morgan fingerprint density at radius 2 is 0.533 bits per heavy atom. The number of para-hydroxylation sites is 1. The second-order valence-corrected chi connectivity index (χ2v) is 43.2. The number of esters is 4. The zero-order valence-electron chi connectivity index (χ0n) is 82.2. The zero-order chi connectivity index (χ0) is 89.0. The number of ether oxygens (including phenoxy) is 4. The molecule has 0 saturated carbocycles. The molecule has 2 atom stereocenters. The first kappa shape index (κ1) is 134. The molecule has 0 aromatic heterocycles. The quantitative estimate of drug-likeness (QED) is 0.0202. The van der Waals surface area contributed by atoms with Crippen LogP contribution in [0.25, 0.3) is 0 Å². The molecule has 32 heteroatoms. The summed E-state index contributed by atoms with van der Waals surface area (Å²) in [4.78, 5) is 48.7. The van der Waals surface area contributed by atoms with E-state index in [0.29, 0.717) is 173 Å². The Balaban J connectivity index is -0.000000289. The smallest absolute Gasteiger partial charge is 0.500 e. The standard InChI is InChI=1S/C30H64NO5Si.C23H50NO5Si.C20H36NO5Si.C17H38NO5Si.4ClH/c1-7-13-15-16-17-18-19-21-26-31(24-9-3,25-20-14-8-2)27-28-33-30(32)23-22-29-37(34-10-4,35-11-5)36-12-6;1-7-12-13-14-15-19-24(6,18-8-2)20-21-26-23(25)17-16-22-30(27-9-3,28-10-4)29-11-5;1-6-24-27(25-7-2,26-8-3)18-12-15-20(22)23-17-16-21(4,5)19-13-10-9-11-14-19;1-7-21-24(22-8-2,23-9-3)16-11-10-13-17(19)20-15-12-14-18(4,5)6;;;;/h7-29H2,1-6H3;7-22H2,1-6H3;9-11,13-14H,6-8,12,15-18H2,1-5H3;7-16H2,1-6H3;4*1H/q4*+1;;;;/p-4. The molecule has 0 aliphatic carbocycles. The molecule has 1 aromatic rings. The van der Waals surface area contributed by atoms with E-state index in [4.69, 9.17) is 72.1 Å². The summed E-state index contributed by atoms with van der Waals surface area (Å²) in [6, 6.07) is 12.9. The van der Waals surface area contributed by atoms with Crippen LogP contribution >= 0.6 is 0 Å². The van der Waals surface area contributed by atoms with Crippen LogP contribution in [-0.2, 0) is 91.2 Å². The number of nitrogens with zero attached hydrogens (tertiary/aromatic N) is 4. The third-order valence-electron chi connectivity index (χ3n) is 20.4. The van der Waals surface area contributed by atoms with Crippen molar-refractivity contribution in [1.82, 2.24) is 4.48 Å². The van der Waals surface area contributed by atoms with Gasteiger partial charge in [-0.25, -0.2) is 0 Å². The van der Waals surface area contributed by atoms with Crippen LogP contribution in [0.15, 0.2) is 30.3 Å². The molecule has 0 aliphatic heterocycles. The molecule has 0 bridgehead atoms. The van der Waals surface area contributed by atoms with Gasteiger partial charge in [-0.05, 0) is 179 Å². The first-order valence-corrected chi connectivity index (χ1v) is 54.9. The molecule has 0 fully saturated rings. The van der Waals surface area contributed by atoms with Crippen LogP contribution in [0.3, 0.4) is 0 Å². The molecule has 0 spiro atoms. The molecule has 0 saturated heterocycles. The summed E-state index contributed by atoms with van der Waals surface area (Å²) in [5, 5.41) is 0. The number of carbonyl (C=O) groups excluding carboxylic acids is 4. The number of likely N-dealkylation sites (N-methyl/N-ethyl adjacent to an activating group) is 2. The molecule has 2 unspecified atom stereocenters. The van der Waals surface area contributed by atoms with Crippen molar-refractivity contribution >= 4 is 64.8 Å². The van der Waals surface area contributed by atoms with Crippen molar-refractivity contribution < 1.29 is 154 Å². The lowest BCUT2D eigenvalue weighted by atomic mass is 10.1. The number of carbonyl (C=O) groups is 4. The van der Waals surface area contributed by atoms with Gasteiger partial charge in [0.05, 0.1) is 88.2 Å². The number of halogens is 4. The highest BCUT2D eigenvalue weighted by Crippen LogP contribution is 2.26. The summed E-state index contributed by atoms with van der Waals surface area (Å²) < 4.78 is 95.8. The van der Waals surface area contributed by atoms with Crippen molar-refractivity contribution in [1.29, 1.82) is 0 Å². The average molecular weight is 1900 g/mol. The Bertz CT molecular complexity index is 2430. The Labute approximate surface area is 777 Å². The molecule has 122 heavy (non-hydrogen) atoms. The summed E-state index contributed by atoms with van der Waals surface area (Å²) in [5.74, 6) is -0.542. The van der Waals surface area contributed by atoms with Crippen LogP contribution in [0.2, 0.25) is 24.2 Å². The topological polar surface area (TPSA) is 216 Å². The second-order valence-electron chi connectivity index (χ2n) is 32.3. The summed E-state index contributed by atoms with van der Waals surface area (Å²) in [5.41, 5.74) is 1.19. The van der Waals surface area contributed by atoms with Crippen LogP contribution in [-0.4, -0.2) is 279 Å². The van der Waals surface area contributed by atoms with Gasteiger partial charge in [0, 0.05) is 136 Å². The Kier molecular flexibility index (Phi) is 94.4. The Morgan fingerprint density at radius 3 is 0.861 bits per heavy atom. The maximum atomic E-state index is 12.6. The van der Waals surface area contributed by atoms with Gasteiger partial charge in [0.1, 0.15) is 45.1 Å². The fourth-order valence-corrected chi connectivity index (χ4v) is 25.0. The molecular weight excluding hydrogens is 1710 g/mol. The number of rotatable bonds is 78. The molecule has 0 N–H and O–H groups in total. The molecule has 0 amide bonds. The summed E-state index contributed by atoms with van der Waals surface area (Å²) in [6.45, 7) is 52.8. The highest BCUT2D eigenvalue weighted by atomic mass is 35.5. The summed E-state index contributed by atoms with van der Waals surface area (Å²) >= 11 is 0. The van der Waals surface area contributed by atoms with Gasteiger partial charge in [0.15, 0.2) is 0 Å². The maximum Gasteiger partial charge on any atom is 0.500 e. The van der Waals surface area contributed by atoms with E-state index in [1.54, 1.807) is 0 Å². The maximum absolute atomic E-state index is 12.6. The minimum absolute atomic E-state index is 0. The number of quaternary nitrogens is 4. The minimum Gasteiger partial charge on any atom is -1.00 e. The van der Waals surface area contributed by atoms with E-state index in [2.05, 4.69) is 89.0 Å². The molecular formula is C90H188Cl4N4O20Si4. The number of hydrogen-bond acceptors (Lipinski definition) is 20. The molecule has 0 radical (unpaired) electrons. The number of unbranched alkanes of at least 4 members (excludes halogenated alkanes) is 14. The molecule has 1 aromatic carbocycles. The highest BCUT2D eigenvalue weighted by Gasteiger charge is 2.43. The SMILES string of the molecule is CCCCCCCCCC[N+](CCC)(CCCCC)CCOC(=O)CCC[Si](OCC)(OCC)OCC.CCCCCCC[N+](C)(CCC)CCOC(=O)CCC[Si](OCC)(OCC)OCC.CCO[Si](CCCC(=O)OCC[N+](C)(C)c1ccccc1)(OCC)OCC.CCO[Si](CCCCC(=O)OCCC[N+](C)(C)C)(OCC)OCC.[Cl-].[Cl-].[Cl-].[Cl-]. The predicted octanol–water partition coefficient (Wildman–Crippen LogP) is 7.59. The molecule has 1 rings (SSSR count).